The molecule has 0 radical (unpaired) electrons. The molecular formula is C27H30N6OS. The van der Waals surface area contributed by atoms with Gasteiger partial charge in [-0.3, -0.25) is 4.90 Å². The van der Waals surface area contributed by atoms with E-state index in [9.17, 15) is 0 Å². The van der Waals surface area contributed by atoms with Gasteiger partial charge in [0.25, 0.3) is 0 Å². The van der Waals surface area contributed by atoms with Crippen LogP contribution < -0.4 is 15.4 Å². The third-order valence-electron chi connectivity index (χ3n) is 6.90. The number of rotatable bonds is 6. The Morgan fingerprint density at radius 1 is 1.20 bits per heavy atom. The van der Waals surface area contributed by atoms with E-state index in [0.717, 1.165) is 54.9 Å². The molecule has 3 aromatic heterocycles. The summed E-state index contributed by atoms with van der Waals surface area (Å²) >= 11 is 1.85. The lowest BCUT2D eigenvalue weighted by Crippen LogP contribution is -2.29. The van der Waals surface area contributed by atoms with Gasteiger partial charge in [-0.25, -0.2) is 4.98 Å². The molecule has 0 aliphatic carbocycles. The van der Waals surface area contributed by atoms with Crippen LogP contribution in [0.1, 0.15) is 30.3 Å². The summed E-state index contributed by atoms with van der Waals surface area (Å²) in [4.78, 5) is 8.83. The van der Waals surface area contributed by atoms with E-state index in [2.05, 4.69) is 63.5 Å². The normalized spacial score (nSPS) is 18.4. The maximum atomic E-state index is 6.12. The minimum atomic E-state index is 0.437. The van der Waals surface area contributed by atoms with Crippen LogP contribution in [-0.4, -0.2) is 58.9 Å². The van der Waals surface area contributed by atoms with Gasteiger partial charge in [-0.05, 0) is 69.3 Å². The molecule has 0 spiro atoms. The summed E-state index contributed by atoms with van der Waals surface area (Å²) in [6.45, 7) is 11.6. The molecule has 0 unspecified atom stereocenters. The summed E-state index contributed by atoms with van der Waals surface area (Å²) in [5.41, 5.74) is 4.59. The molecule has 2 aliphatic heterocycles. The molecule has 0 amide bonds. The molecule has 2 N–H and O–H groups in total. The maximum absolute atomic E-state index is 6.12. The third kappa shape index (κ3) is 4.37. The minimum Gasteiger partial charge on any atom is -0.475 e. The summed E-state index contributed by atoms with van der Waals surface area (Å²) in [5.74, 6) is 0.522. The lowest BCUT2D eigenvalue weighted by atomic mass is 10.1. The van der Waals surface area contributed by atoms with Crippen molar-refractivity contribution in [2.75, 3.05) is 38.1 Å². The van der Waals surface area contributed by atoms with Crippen molar-refractivity contribution in [3.63, 3.8) is 0 Å². The molecule has 1 saturated heterocycles. The molecule has 0 bridgehead atoms. The first-order chi connectivity index (χ1) is 17.2. The lowest BCUT2D eigenvalue weighted by Gasteiger charge is -2.16. The summed E-state index contributed by atoms with van der Waals surface area (Å²) in [6, 6.07) is 10.9. The Morgan fingerprint density at radius 2 is 2.09 bits per heavy atom. The highest BCUT2D eigenvalue weighted by atomic mass is 32.1. The highest BCUT2D eigenvalue weighted by molar-refractivity contribution is 7.20. The zero-order valence-corrected chi connectivity index (χ0v) is 20.8. The predicted octanol–water partition coefficient (Wildman–Crippen LogP) is 4.93. The van der Waals surface area contributed by atoms with E-state index in [1.165, 1.54) is 33.5 Å². The molecule has 35 heavy (non-hydrogen) atoms. The first-order valence-electron chi connectivity index (χ1n) is 12.4. The molecule has 1 aromatic carbocycles. The molecule has 180 valence electrons. The number of nitrogens with one attached hydrogen (secondary N) is 2. The van der Waals surface area contributed by atoms with Crippen LogP contribution in [0.15, 0.2) is 36.9 Å². The second-order valence-corrected chi connectivity index (χ2v) is 10.5. The van der Waals surface area contributed by atoms with Crippen molar-refractivity contribution in [2.24, 2.45) is 0 Å². The second kappa shape index (κ2) is 9.53. The smallest absolute Gasteiger partial charge is 0.243 e. The van der Waals surface area contributed by atoms with Crippen molar-refractivity contribution in [2.45, 2.75) is 32.4 Å². The number of anilines is 1. The summed E-state index contributed by atoms with van der Waals surface area (Å²) in [7, 11) is 0. The highest BCUT2D eigenvalue weighted by Crippen LogP contribution is 2.41. The van der Waals surface area contributed by atoms with Crippen molar-refractivity contribution in [3.8, 4) is 17.1 Å². The number of hydrogen-bond acceptors (Lipinski definition) is 8. The molecule has 4 aromatic rings. The predicted molar refractivity (Wildman–Crippen MR) is 144 cm³/mol. The van der Waals surface area contributed by atoms with Crippen LogP contribution in [0.5, 0.6) is 5.88 Å². The standard InChI is InChI=1S/C27H30N6OS/c1-3-18-14-20(27(32-31-18)34-13-12-33-10-4-5-11-33)22-7-6-19-21(30-22)8-9-23-25(19)26-24(35-23)16-28-17(2)15-29-26/h3,6-9,14,17,28-29H,1,4-5,10-13,15-16H2,2H3/t17-/m1/s1. The van der Waals surface area contributed by atoms with Gasteiger partial charge >= 0.3 is 0 Å². The van der Waals surface area contributed by atoms with Crippen molar-refractivity contribution in [1.82, 2.24) is 25.4 Å². The third-order valence-corrected chi connectivity index (χ3v) is 8.06. The Morgan fingerprint density at radius 3 is 2.94 bits per heavy atom. The number of fused-ring (bicyclic) bond motifs is 5. The van der Waals surface area contributed by atoms with Crippen molar-refractivity contribution < 1.29 is 4.74 Å². The quantitative estimate of drug-likeness (QED) is 0.400. The van der Waals surface area contributed by atoms with Crippen molar-refractivity contribution in [1.29, 1.82) is 0 Å². The van der Waals surface area contributed by atoms with Crippen molar-refractivity contribution in [3.05, 3.63) is 47.5 Å². The number of benzene rings is 1. The van der Waals surface area contributed by atoms with Gasteiger partial charge in [0.1, 0.15) is 6.61 Å². The van der Waals surface area contributed by atoms with Gasteiger partial charge < -0.3 is 15.4 Å². The summed E-state index contributed by atoms with van der Waals surface area (Å²) in [5, 5.41) is 18.3. The minimum absolute atomic E-state index is 0.437. The first-order valence-corrected chi connectivity index (χ1v) is 13.2. The van der Waals surface area contributed by atoms with Crippen LogP contribution in [0.25, 0.3) is 38.3 Å². The molecule has 7 nitrogen and oxygen atoms in total. The second-order valence-electron chi connectivity index (χ2n) is 9.35. The SMILES string of the molecule is C=Cc1cc(-c2ccc3c(ccc4sc5c(c43)NC[C@@H](C)NC5)n2)c(OCCN2CCCC2)nn1. The van der Waals surface area contributed by atoms with Gasteiger partial charge in [0.2, 0.25) is 5.88 Å². The van der Waals surface area contributed by atoms with E-state index < -0.39 is 0 Å². The topological polar surface area (TPSA) is 75.2 Å². The van der Waals surface area contributed by atoms with Crippen LogP contribution in [0, 0.1) is 0 Å². The van der Waals surface area contributed by atoms with Crippen LogP contribution >= 0.6 is 11.3 Å². The fourth-order valence-electron chi connectivity index (χ4n) is 4.97. The van der Waals surface area contributed by atoms with Gasteiger partial charge in [0, 0.05) is 46.0 Å². The molecule has 8 heteroatoms. The number of pyridine rings is 1. The van der Waals surface area contributed by atoms with Gasteiger partial charge in [-0.1, -0.05) is 6.58 Å². The molecule has 1 fully saturated rings. The summed E-state index contributed by atoms with van der Waals surface area (Å²) < 4.78 is 7.40. The van der Waals surface area contributed by atoms with Crippen LogP contribution in [0.2, 0.25) is 0 Å². The number of aromatic nitrogens is 3. The van der Waals surface area contributed by atoms with Gasteiger partial charge in [0.15, 0.2) is 0 Å². The fourth-order valence-corrected chi connectivity index (χ4v) is 6.12. The molecule has 1 atom stereocenters. The Hall–Kier alpha value is -3.07. The number of hydrogen-bond donors (Lipinski definition) is 2. The van der Waals surface area contributed by atoms with Crippen molar-refractivity contribution >= 4 is 44.1 Å². The highest BCUT2D eigenvalue weighted by Gasteiger charge is 2.20. The Balaban J connectivity index is 1.37. The molecular weight excluding hydrogens is 456 g/mol. The number of thiophene rings is 1. The molecule has 0 saturated carbocycles. The zero-order valence-electron chi connectivity index (χ0n) is 20.0. The number of ether oxygens (including phenoxy) is 1. The summed E-state index contributed by atoms with van der Waals surface area (Å²) in [6.07, 6.45) is 4.24. The van der Waals surface area contributed by atoms with E-state index >= 15 is 0 Å². The van der Waals surface area contributed by atoms with Gasteiger partial charge in [-0.2, -0.15) is 0 Å². The number of nitrogens with zero attached hydrogens (tertiary/aromatic N) is 4. The van der Waals surface area contributed by atoms with Crippen LogP contribution in [0.3, 0.4) is 0 Å². The Labute approximate surface area is 209 Å². The fraction of sp³-hybridized carbons (Fsp3) is 0.370. The average Bonchev–Trinajstić information content (AvgIpc) is 3.49. The van der Waals surface area contributed by atoms with E-state index in [-0.39, 0.29) is 0 Å². The van der Waals surface area contributed by atoms with Crippen LogP contribution in [-0.2, 0) is 6.54 Å². The maximum Gasteiger partial charge on any atom is 0.243 e. The van der Waals surface area contributed by atoms with E-state index in [1.54, 1.807) is 6.08 Å². The van der Waals surface area contributed by atoms with E-state index in [1.807, 2.05) is 17.4 Å². The lowest BCUT2D eigenvalue weighted by molar-refractivity contribution is 0.231. The monoisotopic (exact) mass is 486 g/mol. The molecule has 6 rings (SSSR count). The Kier molecular flexibility index (Phi) is 6.10. The van der Waals surface area contributed by atoms with E-state index in [0.29, 0.717) is 24.2 Å². The molecule has 2 aliphatic rings. The van der Waals surface area contributed by atoms with E-state index in [4.69, 9.17) is 9.72 Å². The Bertz CT molecular complexity index is 1390. The first kappa shape index (κ1) is 22.4. The van der Waals surface area contributed by atoms with Gasteiger partial charge in [0.05, 0.1) is 28.2 Å². The average molecular weight is 487 g/mol. The molecule has 5 heterocycles. The van der Waals surface area contributed by atoms with Crippen LogP contribution in [0.4, 0.5) is 5.69 Å². The zero-order chi connectivity index (χ0) is 23.8. The van der Waals surface area contributed by atoms with Gasteiger partial charge in [-0.15, -0.1) is 21.5 Å². The largest absolute Gasteiger partial charge is 0.475 e. The number of likely N-dealkylation sites (tertiary alicyclic amines) is 1.